The molecule has 1 atom stereocenters. The summed E-state index contributed by atoms with van der Waals surface area (Å²) in [5.74, 6) is 0.641. The summed E-state index contributed by atoms with van der Waals surface area (Å²) >= 11 is 0. The molecule has 0 aliphatic carbocycles. The van der Waals surface area contributed by atoms with E-state index in [2.05, 4.69) is 48.5 Å². The lowest BCUT2D eigenvalue weighted by Crippen LogP contribution is -2.41. The maximum absolute atomic E-state index is 12.8. The molecular formula is C27H29NO2. The fraction of sp³-hybridized carbons (Fsp3) is 0.296. The maximum Gasteiger partial charge on any atom is 0.226 e. The zero-order valence-electron chi connectivity index (χ0n) is 17.4. The van der Waals surface area contributed by atoms with Gasteiger partial charge in [0, 0.05) is 13.1 Å². The van der Waals surface area contributed by atoms with Crippen LogP contribution in [-0.2, 0) is 22.6 Å². The van der Waals surface area contributed by atoms with Gasteiger partial charge >= 0.3 is 0 Å². The van der Waals surface area contributed by atoms with Crippen molar-refractivity contribution in [3.8, 4) is 11.1 Å². The Balaban J connectivity index is 1.27. The Bertz CT molecular complexity index is 922. The lowest BCUT2D eigenvalue weighted by atomic mass is 9.98. The maximum atomic E-state index is 12.8. The number of hydrogen-bond donors (Lipinski definition) is 0. The molecule has 3 nitrogen and oxygen atoms in total. The number of likely N-dealkylation sites (tertiary alicyclic amines) is 1. The van der Waals surface area contributed by atoms with Crippen LogP contribution in [0.25, 0.3) is 11.1 Å². The van der Waals surface area contributed by atoms with Crippen LogP contribution in [0.5, 0.6) is 0 Å². The van der Waals surface area contributed by atoms with Gasteiger partial charge in [0.05, 0.1) is 19.6 Å². The highest BCUT2D eigenvalue weighted by atomic mass is 16.5. The first-order valence-electron chi connectivity index (χ1n) is 10.8. The molecule has 0 saturated carbocycles. The SMILES string of the molecule is O=C(Cc1ccc(-c2ccccc2)cc1)N1CCCC(COCc2ccccc2)C1. The summed E-state index contributed by atoms with van der Waals surface area (Å²) in [4.78, 5) is 14.9. The molecular weight excluding hydrogens is 370 g/mol. The van der Waals surface area contributed by atoms with Crippen molar-refractivity contribution >= 4 is 5.91 Å². The number of carbonyl (C=O) groups excluding carboxylic acids is 1. The van der Waals surface area contributed by atoms with Crippen molar-refractivity contribution in [3.05, 3.63) is 96.1 Å². The second-order valence-corrected chi connectivity index (χ2v) is 8.09. The van der Waals surface area contributed by atoms with E-state index < -0.39 is 0 Å². The highest BCUT2D eigenvalue weighted by molar-refractivity contribution is 5.79. The molecule has 0 spiro atoms. The summed E-state index contributed by atoms with van der Waals surface area (Å²) in [7, 11) is 0. The molecule has 3 aromatic carbocycles. The molecule has 3 aromatic rings. The van der Waals surface area contributed by atoms with E-state index in [0.29, 0.717) is 25.6 Å². The van der Waals surface area contributed by atoms with Crippen LogP contribution in [0.15, 0.2) is 84.9 Å². The minimum Gasteiger partial charge on any atom is -0.376 e. The van der Waals surface area contributed by atoms with Crippen molar-refractivity contribution in [3.63, 3.8) is 0 Å². The number of amides is 1. The van der Waals surface area contributed by atoms with Crippen LogP contribution in [0, 0.1) is 5.92 Å². The summed E-state index contributed by atoms with van der Waals surface area (Å²) in [6.07, 6.45) is 2.65. The summed E-state index contributed by atoms with van der Waals surface area (Å²) in [6.45, 7) is 3.01. The minimum atomic E-state index is 0.218. The number of benzene rings is 3. The lowest BCUT2D eigenvalue weighted by Gasteiger charge is -2.32. The van der Waals surface area contributed by atoms with E-state index in [0.717, 1.165) is 31.5 Å². The first kappa shape index (κ1) is 20.4. The van der Waals surface area contributed by atoms with Crippen molar-refractivity contribution in [1.29, 1.82) is 0 Å². The van der Waals surface area contributed by atoms with E-state index in [1.807, 2.05) is 41.3 Å². The topological polar surface area (TPSA) is 29.5 Å². The highest BCUT2D eigenvalue weighted by Gasteiger charge is 2.23. The van der Waals surface area contributed by atoms with Gasteiger partial charge in [0.25, 0.3) is 0 Å². The number of rotatable bonds is 7. The number of ether oxygens (including phenoxy) is 1. The van der Waals surface area contributed by atoms with Crippen LogP contribution in [-0.4, -0.2) is 30.5 Å². The van der Waals surface area contributed by atoms with Gasteiger partial charge in [0.15, 0.2) is 0 Å². The fourth-order valence-electron chi connectivity index (χ4n) is 4.08. The van der Waals surface area contributed by atoms with Gasteiger partial charge in [-0.25, -0.2) is 0 Å². The Kier molecular flexibility index (Phi) is 6.94. The van der Waals surface area contributed by atoms with Crippen LogP contribution in [0.4, 0.5) is 0 Å². The monoisotopic (exact) mass is 399 g/mol. The van der Waals surface area contributed by atoms with Crippen LogP contribution in [0.3, 0.4) is 0 Å². The summed E-state index contributed by atoms with van der Waals surface area (Å²) in [5, 5.41) is 0. The number of nitrogens with zero attached hydrogens (tertiary/aromatic N) is 1. The molecule has 4 rings (SSSR count). The van der Waals surface area contributed by atoms with Crippen LogP contribution in [0.1, 0.15) is 24.0 Å². The van der Waals surface area contributed by atoms with Crippen molar-refractivity contribution in [2.24, 2.45) is 5.92 Å². The van der Waals surface area contributed by atoms with Gasteiger partial charge in [0.2, 0.25) is 5.91 Å². The Morgan fingerprint density at radius 2 is 1.50 bits per heavy atom. The van der Waals surface area contributed by atoms with Gasteiger partial charge in [-0.3, -0.25) is 4.79 Å². The molecule has 30 heavy (non-hydrogen) atoms. The first-order chi connectivity index (χ1) is 14.8. The van der Waals surface area contributed by atoms with E-state index in [1.54, 1.807) is 0 Å². The standard InChI is InChI=1S/C27H29NO2/c29-27(18-22-13-15-26(16-14-22)25-11-5-2-6-12-25)28-17-7-10-24(19-28)21-30-20-23-8-3-1-4-9-23/h1-6,8-9,11-16,24H,7,10,17-21H2. The average Bonchev–Trinajstić information content (AvgIpc) is 2.81. The van der Waals surface area contributed by atoms with Gasteiger partial charge in [-0.2, -0.15) is 0 Å². The summed E-state index contributed by atoms with van der Waals surface area (Å²) in [5.41, 5.74) is 4.65. The van der Waals surface area contributed by atoms with E-state index in [1.165, 1.54) is 16.7 Å². The molecule has 1 aliphatic heterocycles. The predicted molar refractivity (Wildman–Crippen MR) is 121 cm³/mol. The number of piperidine rings is 1. The largest absolute Gasteiger partial charge is 0.376 e. The van der Waals surface area contributed by atoms with Crippen molar-refractivity contribution < 1.29 is 9.53 Å². The molecule has 0 aromatic heterocycles. The van der Waals surface area contributed by atoms with Gasteiger partial charge in [-0.05, 0) is 41.0 Å². The first-order valence-corrected chi connectivity index (χ1v) is 10.8. The third-order valence-electron chi connectivity index (χ3n) is 5.75. The molecule has 1 amide bonds. The fourth-order valence-corrected chi connectivity index (χ4v) is 4.08. The third kappa shape index (κ3) is 5.58. The molecule has 0 N–H and O–H groups in total. The minimum absolute atomic E-state index is 0.218. The van der Waals surface area contributed by atoms with Crippen LogP contribution < -0.4 is 0 Å². The van der Waals surface area contributed by atoms with E-state index in [4.69, 9.17) is 4.74 Å². The summed E-state index contributed by atoms with van der Waals surface area (Å²) < 4.78 is 5.92. The van der Waals surface area contributed by atoms with Crippen LogP contribution in [0.2, 0.25) is 0 Å². The summed E-state index contributed by atoms with van der Waals surface area (Å²) in [6, 6.07) is 28.9. The van der Waals surface area contributed by atoms with Gasteiger partial charge < -0.3 is 9.64 Å². The molecule has 1 heterocycles. The van der Waals surface area contributed by atoms with Crippen molar-refractivity contribution in [1.82, 2.24) is 4.90 Å². The third-order valence-corrected chi connectivity index (χ3v) is 5.75. The average molecular weight is 400 g/mol. The molecule has 1 fully saturated rings. The van der Waals surface area contributed by atoms with Gasteiger partial charge in [0.1, 0.15) is 0 Å². The zero-order valence-corrected chi connectivity index (χ0v) is 17.4. The number of hydrogen-bond acceptors (Lipinski definition) is 2. The molecule has 0 radical (unpaired) electrons. The van der Waals surface area contributed by atoms with Gasteiger partial charge in [-0.1, -0.05) is 84.9 Å². The Hall–Kier alpha value is -2.91. The van der Waals surface area contributed by atoms with E-state index >= 15 is 0 Å². The van der Waals surface area contributed by atoms with Crippen molar-refractivity contribution in [2.45, 2.75) is 25.9 Å². The van der Waals surface area contributed by atoms with E-state index in [9.17, 15) is 4.79 Å². The number of carbonyl (C=O) groups is 1. The smallest absolute Gasteiger partial charge is 0.226 e. The predicted octanol–water partition coefficient (Wildman–Crippen LogP) is 5.35. The lowest BCUT2D eigenvalue weighted by molar-refractivity contribution is -0.132. The van der Waals surface area contributed by atoms with Crippen molar-refractivity contribution in [2.75, 3.05) is 19.7 Å². The molecule has 154 valence electrons. The molecule has 0 bridgehead atoms. The van der Waals surface area contributed by atoms with Crippen LogP contribution >= 0.6 is 0 Å². The Morgan fingerprint density at radius 1 is 0.833 bits per heavy atom. The second-order valence-electron chi connectivity index (χ2n) is 8.09. The van der Waals surface area contributed by atoms with E-state index in [-0.39, 0.29) is 5.91 Å². The van der Waals surface area contributed by atoms with Gasteiger partial charge in [-0.15, -0.1) is 0 Å². The molecule has 3 heteroatoms. The molecule has 1 aliphatic rings. The molecule has 1 saturated heterocycles. The Labute approximate surface area is 179 Å². The quantitative estimate of drug-likeness (QED) is 0.536. The highest BCUT2D eigenvalue weighted by Crippen LogP contribution is 2.21. The zero-order chi connectivity index (χ0) is 20.6. The molecule has 1 unspecified atom stereocenters. The Morgan fingerprint density at radius 3 is 2.23 bits per heavy atom. The normalized spacial score (nSPS) is 16.4. The second kappa shape index (κ2) is 10.2.